The minimum absolute atomic E-state index is 0.262. The average molecular weight is 407 g/mol. The maximum atomic E-state index is 14.0. The summed E-state index contributed by atoms with van der Waals surface area (Å²) in [5.41, 5.74) is 3.77. The second-order valence-corrected chi connectivity index (χ2v) is 7.16. The molecule has 0 saturated heterocycles. The van der Waals surface area contributed by atoms with E-state index in [0.29, 0.717) is 17.0 Å². The van der Waals surface area contributed by atoms with Crippen molar-refractivity contribution in [3.05, 3.63) is 65.4 Å². The average Bonchev–Trinajstić information content (AvgIpc) is 3.06. The molecule has 0 saturated carbocycles. The zero-order chi connectivity index (χ0) is 20.7. The number of para-hydroxylation sites is 1. The van der Waals surface area contributed by atoms with E-state index in [-0.39, 0.29) is 11.5 Å². The monoisotopic (exact) mass is 407 g/mol. The van der Waals surface area contributed by atoms with E-state index in [1.807, 2.05) is 6.07 Å². The van der Waals surface area contributed by atoms with E-state index >= 15 is 0 Å². The normalized spacial score (nSPS) is 13.3. The van der Waals surface area contributed by atoms with Crippen LogP contribution >= 0.6 is 0 Å². The molecule has 0 unspecified atom stereocenters. The van der Waals surface area contributed by atoms with Gasteiger partial charge in [0.1, 0.15) is 17.3 Å². The maximum Gasteiger partial charge on any atom is 0.229 e. The van der Waals surface area contributed by atoms with Crippen LogP contribution in [0.4, 0.5) is 31.9 Å². The van der Waals surface area contributed by atoms with Crippen molar-refractivity contribution in [3.8, 4) is 0 Å². The van der Waals surface area contributed by atoms with Crippen LogP contribution in [-0.2, 0) is 20.0 Å². The van der Waals surface area contributed by atoms with Crippen LogP contribution in [0.2, 0.25) is 0 Å². The van der Waals surface area contributed by atoms with Crippen LogP contribution in [0.15, 0.2) is 42.6 Å². The molecule has 2 aromatic carbocycles. The van der Waals surface area contributed by atoms with Gasteiger partial charge in [0.15, 0.2) is 11.5 Å². The molecule has 2 aromatic heterocycles. The van der Waals surface area contributed by atoms with Gasteiger partial charge in [-0.1, -0.05) is 12.1 Å². The van der Waals surface area contributed by atoms with Crippen molar-refractivity contribution in [2.24, 2.45) is 7.05 Å². The zero-order valence-electron chi connectivity index (χ0n) is 16.2. The number of halogens is 2. The molecule has 5 rings (SSSR count). The summed E-state index contributed by atoms with van der Waals surface area (Å²) in [7, 11) is 1.71. The van der Waals surface area contributed by atoms with E-state index in [4.69, 9.17) is 0 Å². The highest BCUT2D eigenvalue weighted by Gasteiger charge is 2.16. The molecule has 0 fully saturated rings. The second-order valence-electron chi connectivity index (χ2n) is 7.16. The highest BCUT2D eigenvalue weighted by Crippen LogP contribution is 2.28. The quantitative estimate of drug-likeness (QED) is 0.478. The zero-order valence-corrected chi connectivity index (χ0v) is 16.2. The largest absolute Gasteiger partial charge is 0.333 e. The molecule has 0 bridgehead atoms. The summed E-state index contributed by atoms with van der Waals surface area (Å²) in [5, 5.41) is 14.2. The molecule has 3 heterocycles. The molecule has 9 heteroatoms. The Hall–Kier alpha value is -3.59. The molecule has 152 valence electrons. The first kappa shape index (κ1) is 18.4. The molecule has 1 aliphatic heterocycles. The number of nitrogens with zero attached hydrogens (tertiary/aromatic N) is 4. The lowest BCUT2D eigenvalue weighted by molar-refractivity contribution is 0.590. The molecule has 0 amide bonds. The molecule has 1 aliphatic rings. The summed E-state index contributed by atoms with van der Waals surface area (Å²) in [6.45, 7) is 1.83. The van der Waals surface area contributed by atoms with Crippen molar-refractivity contribution in [2.75, 3.05) is 17.2 Å². The van der Waals surface area contributed by atoms with Gasteiger partial charge in [0.25, 0.3) is 0 Å². The third-order valence-corrected chi connectivity index (χ3v) is 5.14. The lowest BCUT2D eigenvalue weighted by Gasteiger charge is -2.18. The third kappa shape index (κ3) is 3.33. The van der Waals surface area contributed by atoms with Crippen LogP contribution in [0.1, 0.15) is 11.1 Å². The van der Waals surface area contributed by atoms with Crippen molar-refractivity contribution in [2.45, 2.75) is 13.0 Å². The van der Waals surface area contributed by atoms with E-state index < -0.39 is 11.6 Å². The number of benzene rings is 2. The Balaban J connectivity index is 1.45. The summed E-state index contributed by atoms with van der Waals surface area (Å²) in [6.07, 6.45) is 2.60. The number of anilines is 4. The van der Waals surface area contributed by atoms with E-state index in [0.717, 1.165) is 25.2 Å². The topological polar surface area (TPSA) is 79.7 Å². The van der Waals surface area contributed by atoms with Crippen LogP contribution in [0.5, 0.6) is 0 Å². The summed E-state index contributed by atoms with van der Waals surface area (Å²) < 4.78 is 29.5. The Morgan fingerprint density at radius 1 is 1.07 bits per heavy atom. The Kier molecular flexibility index (Phi) is 4.51. The predicted molar refractivity (Wildman–Crippen MR) is 111 cm³/mol. The van der Waals surface area contributed by atoms with Gasteiger partial charge in [-0.15, -0.1) is 0 Å². The molecule has 0 atom stereocenters. The van der Waals surface area contributed by atoms with Gasteiger partial charge in [-0.05, 0) is 48.4 Å². The number of rotatable bonds is 4. The van der Waals surface area contributed by atoms with Crippen LogP contribution in [-0.4, -0.2) is 26.3 Å². The molecule has 7 nitrogen and oxygen atoms in total. The molecular weight excluding hydrogens is 388 g/mol. The summed E-state index contributed by atoms with van der Waals surface area (Å²) in [6, 6.07) is 9.89. The number of aryl methyl sites for hydroxylation is 1. The number of aromatic nitrogens is 4. The smallest absolute Gasteiger partial charge is 0.229 e. The maximum absolute atomic E-state index is 14.0. The Bertz CT molecular complexity index is 1230. The van der Waals surface area contributed by atoms with Gasteiger partial charge >= 0.3 is 0 Å². The Labute approximate surface area is 171 Å². The first-order valence-electron chi connectivity index (χ1n) is 9.59. The van der Waals surface area contributed by atoms with E-state index in [9.17, 15) is 8.78 Å². The van der Waals surface area contributed by atoms with Crippen molar-refractivity contribution < 1.29 is 8.78 Å². The van der Waals surface area contributed by atoms with E-state index in [2.05, 4.69) is 43.1 Å². The fourth-order valence-electron chi connectivity index (χ4n) is 3.61. The molecule has 3 N–H and O–H groups in total. The van der Waals surface area contributed by atoms with Gasteiger partial charge in [-0.3, -0.25) is 0 Å². The molecule has 30 heavy (non-hydrogen) atoms. The van der Waals surface area contributed by atoms with Crippen LogP contribution in [0, 0.1) is 11.6 Å². The molecule has 0 spiro atoms. The highest BCUT2D eigenvalue weighted by atomic mass is 19.1. The Morgan fingerprint density at radius 3 is 2.73 bits per heavy atom. The molecule has 0 aliphatic carbocycles. The van der Waals surface area contributed by atoms with Gasteiger partial charge in [-0.2, -0.15) is 10.1 Å². The van der Waals surface area contributed by atoms with Crippen molar-refractivity contribution >= 4 is 34.2 Å². The second kappa shape index (κ2) is 7.34. The SMILES string of the molecule is Cn1nc(Nc2c(F)cccc2F)c2cnc(Nc3ccc4c(c3)CNCC4)nc21. The van der Waals surface area contributed by atoms with E-state index in [1.165, 1.54) is 29.3 Å². The predicted octanol–water partition coefficient (Wildman–Crippen LogP) is 3.77. The molecule has 4 aromatic rings. The van der Waals surface area contributed by atoms with Gasteiger partial charge < -0.3 is 16.0 Å². The summed E-state index contributed by atoms with van der Waals surface area (Å²) in [5.74, 6) is -0.703. The fourth-order valence-corrected chi connectivity index (χ4v) is 3.61. The number of nitrogens with one attached hydrogen (secondary N) is 3. The highest BCUT2D eigenvalue weighted by molar-refractivity contribution is 5.89. The van der Waals surface area contributed by atoms with Crippen molar-refractivity contribution in [1.82, 2.24) is 25.1 Å². The van der Waals surface area contributed by atoms with Gasteiger partial charge in [0.2, 0.25) is 5.95 Å². The van der Waals surface area contributed by atoms with E-state index in [1.54, 1.807) is 17.9 Å². The fraction of sp³-hybridized carbons (Fsp3) is 0.190. The number of hydrogen-bond acceptors (Lipinski definition) is 6. The summed E-state index contributed by atoms with van der Waals surface area (Å²) >= 11 is 0. The van der Waals surface area contributed by atoms with Crippen LogP contribution in [0.3, 0.4) is 0 Å². The number of hydrogen-bond donors (Lipinski definition) is 3. The van der Waals surface area contributed by atoms with Crippen molar-refractivity contribution in [1.29, 1.82) is 0 Å². The minimum atomic E-state index is -0.699. The lowest BCUT2D eigenvalue weighted by Crippen LogP contribution is -2.23. The molecular formula is C21H19F2N7. The standard InChI is InChI=1S/C21H19F2N7/c1-30-20-15(19(29-30)27-18-16(22)3-2-4-17(18)23)11-25-21(28-20)26-14-6-5-12-7-8-24-10-13(12)9-14/h2-6,9,11,24H,7-8,10H2,1H3,(H,27,29)(H,25,26,28). The Morgan fingerprint density at radius 2 is 1.90 bits per heavy atom. The van der Waals surface area contributed by atoms with Gasteiger partial charge in [0, 0.05) is 25.5 Å². The van der Waals surface area contributed by atoms with Crippen molar-refractivity contribution in [3.63, 3.8) is 0 Å². The summed E-state index contributed by atoms with van der Waals surface area (Å²) in [4.78, 5) is 8.88. The van der Waals surface area contributed by atoms with Crippen LogP contribution < -0.4 is 16.0 Å². The first-order valence-corrected chi connectivity index (χ1v) is 9.59. The lowest BCUT2D eigenvalue weighted by atomic mass is 10.0. The van der Waals surface area contributed by atoms with Gasteiger partial charge in [-0.25, -0.2) is 18.4 Å². The number of fused-ring (bicyclic) bond motifs is 2. The minimum Gasteiger partial charge on any atom is -0.333 e. The van der Waals surface area contributed by atoms with Crippen LogP contribution in [0.25, 0.3) is 11.0 Å². The molecule has 0 radical (unpaired) electrons. The van der Waals surface area contributed by atoms with Gasteiger partial charge in [0.05, 0.1) is 5.39 Å². The third-order valence-electron chi connectivity index (χ3n) is 5.14. The first-order chi connectivity index (χ1) is 14.6.